The fourth-order valence-corrected chi connectivity index (χ4v) is 0. The van der Waals surface area contributed by atoms with E-state index in [1.54, 1.807) is 0 Å². The standard InChI is InChI=1S/BH3O3.Ca/c2-1(3)4;/h2-4H;. The largest absolute Gasteiger partial charge is 0.631 e. The molecule has 0 aliphatic carbocycles. The molecule has 0 aliphatic heterocycles. The van der Waals surface area contributed by atoms with Crippen LogP contribution in [0, 0.1) is 0 Å². The molecule has 0 aliphatic rings. The third kappa shape index (κ3) is 36.8. The first-order chi connectivity index (χ1) is 1.73. The van der Waals surface area contributed by atoms with Gasteiger partial charge in [-0.15, -0.1) is 0 Å². The molecule has 0 aromatic rings. The first-order valence-corrected chi connectivity index (χ1v) is 0.775. The van der Waals surface area contributed by atoms with Gasteiger partial charge in [-0.2, -0.15) is 0 Å². The Morgan fingerprint density at radius 2 is 1.00 bits per heavy atom. The molecule has 2 radical (unpaired) electrons. The SMILES string of the molecule is OB(O)O.[Ca]. The van der Waals surface area contributed by atoms with Crippen LogP contribution < -0.4 is 0 Å². The summed E-state index contributed by atoms with van der Waals surface area (Å²) in [7, 11) is -2.17. The van der Waals surface area contributed by atoms with Crippen molar-refractivity contribution in [2.45, 2.75) is 0 Å². The zero-order chi connectivity index (χ0) is 3.58. The van der Waals surface area contributed by atoms with Crippen LogP contribution in [0.1, 0.15) is 0 Å². The second-order valence-electron chi connectivity index (χ2n) is 0.346. The normalized spacial score (nSPS) is 5.40. The van der Waals surface area contributed by atoms with Gasteiger partial charge in [0.15, 0.2) is 0 Å². The molecule has 0 atom stereocenters. The van der Waals surface area contributed by atoms with E-state index in [2.05, 4.69) is 0 Å². The molecule has 0 aromatic carbocycles. The summed E-state index contributed by atoms with van der Waals surface area (Å²) in [5.41, 5.74) is 0. The zero-order valence-electron chi connectivity index (χ0n) is 2.63. The molecule has 0 amide bonds. The molecule has 0 spiro atoms. The van der Waals surface area contributed by atoms with Crippen molar-refractivity contribution in [1.29, 1.82) is 0 Å². The molecule has 0 saturated carbocycles. The predicted molar refractivity (Wildman–Crippen MR) is 18.2 cm³/mol. The minimum atomic E-state index is -2.17. The topological polar surface area (TPSA) is 60.7 Å². The van der Waals surface area contributed by atoms with E-state index in [0.717, 1.165) is 0 Å². The summed E-state index contributed by atoms with van der Waals surface area (Å²) in [4.78, 5) is 0. The number of rotatable bonds is 0. The Morgan fingerprint density at radius 1 is 1.00 bits per heavy atom. The van der Waals surface area contributed by atoms with Gasteiger partial charge in [-0.05, 0) is 0 Å². The molecular formula is H3BCaO3. The van der Waals surface area contributed by atoms with E-state index in [4.69, 9.17) is 15.1 Å². The average Bonchev–Trinajstić information content (AvgIpc) is 0.811. The third-order valence-electron chi connectivity index (χ3n) is 0. The van der Waals surface area contributed by atoms with Crippen molar-refractivity contribution in [2.75, 3.05) is 0 Å². The zero-order valence-corrected chi connectivity index (χ0v) is 4.83. The van der Waals surface area contributed by atoms with Crippen molar-refractivity contribution in [2.24, 2.45) is 0 Å². The van der Waals surface area contributed by atoms with E-state index in [0.29, 0.717) is 0 Å². The fraction of sp³-hybridized carbons (Fsp3) is 0. The Kier molecular flexibility index (Phi) is 9.90. The Balaban J connectivity index is 0. The van der Waals surface area contributed by atoms with Gasteiger partial charge in [-0.1, -0.05) is 0 Å². The van der Waals surface area contributed by atoms with Crippen molar-refractivity contribution in [3.05, 3.63) is 0 Å². The predicted octanol–water partition coefficient (Wildman–Crippen LogP) is -2.43. The first-order valence-electron chi connectivity index (χ1n) is 0.775. The van der Waals surface area contributed by atoms with E-state index in [1.165, 1.54) is 0 Å². The number of hydrogen-bond donors (Lipinski definition) is 3. The van der Waals surface area contributed by atoms with Gasteiger partial charge in [0.05, 0.1) is 0 Å². The van der Waals surface area contributed by atoms with E-state index in [-0.39, 0.29) is 37.7 Å². The van der Waals surface area contributed by atoms with Crippen LogP contribution in [0.4, 0.5) is 0 Å². The van der Waals surface area contributed by atoms with E-state index < -0.39 is 7.32 Å². The molecule has 0 rings (SSSR count). The fourth-order valence-electron chi connectivity index (χ4n) is 0. The molecule has 0 unspecified atom stereocenters. The molecule has 0 aromatic heterocycles. The summed E-state index contributed by atoms with van der Waals surface area (Å²) in [6, 6.07) is 0. The third-order valence-corrected chi connectivity index (χ3v) is 0. The summed E-state index contributed by atoms with van der Waals surface area (Å²) in [6.45, 7) is 0. The monoisotopic (exact) mass is 102 g/mol. The smallest absolute Gasteiger partial charge is 0.402 e. The quantitative estimate of drug-likeness (QED) is 0.298. The van der Waals surface area contributed by atoms with Crippen LogP contribution >= 0.6 is 0 Å². The Bertz CT molecular complexity index is 11.6. The maximum atomic E-state index is 7.17. The van der Waals surface area contributed by atoms with Crippen molar-refractivity contribution in [1.82, 2.24) is 0 Å². The van der Waals surface area contributed by atoms with Gasteiger partial charge in [0, 0.05) is 37.7 Å². The Labute approximate surface area is 59.8 Å². The molecule has 3 nitrogen and oxygen atoms in total. The molecule has 0 saturated heterocycles. The Hall–Kier alpha value is 1.20. The van der Waals surface area contributed by atoms with Gasteiger partial charge >= 0.3 is 7.32 Å². The number of hydrogen-bond acceptors (Lipinski definition) is 3. The van der Waals surface area contributed by atoms with Crippen LogP contribution in [0.25, 0.3) is 0 Å². The van der Waals surface area contributed by atoms with Gasteiger partial charge in [-0.25, -0.2) is 0 Å². The van der Waals surface area contributed by atoms with Crippen molar-refractivity contribution < 1.29 is 15.1 Å². The van der Waals surface area contributed by atoms with E-state index in [9.17, 15) is 0 Å². The van der Waals surface area contributed by atoms with Gasteiger partial charge in [0.1, 0.15) is 0 Å². The van der Waals surface area contributed by atoms with Gasteiger partial charge in [0.2, 0.25) is 0 Å². The molecule has 26 valence electrons. The molecular weight excluding hydrogens is 98.9 g/mol. The average molecular weight is 102 g/mol. The Morgan fingerprint density at radius 3 is 1.00 bits per heavy atom. The van der Waals surface area contributed by atoms with Gasteiger partial charge in [0.25, 0.3) is 0 Å². The summed E-state index contributed by atoms with van der Waals surface area (Å²) in [6.07, 6.45) is 0. The minimum absolute atomic E-state index is 0. The van der Waals surface area contributed by atoms with Crippen molar-refractivity contribution in [3.8, 4) is 0 Å². The van der Waals surface area contributed by atoms with Gasteiger partial charge < -0.3 is 15.1 Å². The van der Waals surface area contributed by atoms with Crippen LogP contribution in [0.3, 0.4) is 0 Å². The van der Waals surface area contributed by atoms with Crippen LogP contribution in [0.15, 0.2) is 0 Å². The molecule has 3 N–H and O–H groups in total. The first kappa shape index (κ1) is 9.51. The van der Waals surface area contributed by atoms with Crippen LogP contribution in [-0.4, -0.2) is 60.1 Å². The van der Waals surface area contributed by atoms with E-state index >= 15 is 0 Å². The van der Waals surface area contributed by atoms with Crippen LogP contribution in [0.5, 0.6) is 0 Å². The van der Waals surface area contributed by atoms with Crippen LogP contribution in [0.2, 0.25) is 0 Å². The van der Waals surface area contributed by atoms with Crippen molar-refractivity contribution >= 4 is 45.1 Å². The van der Waals surface area contributed by atoms with E-state index in [1.807, 2.05) is 0 Å². The van der Waals surface area contributed by atoms with Crippen molar-refractivity contribution in [3.63, 3.8) is 0 Å². The summed E-state index contributed by atoms with van der Waals surface area (Å²) in [5, 5.41) is 21.5. The molecule has 5 heavy (non-hydrogen) atoms. The summed E-state index contributed by atoms with van der Waals surface area (Å²) in [5.74, 6) is 0. The maximum absolute atomic E-state index is 7.17. The molecule has 0 heterocycles. The molecule has 0 fully saturated rings. The minimum Gasteiger partial charge on any atom is -0.402 e. The molecule has 0 bridgehead atoms. The summed E-state index contributed by atoms with van der Waals surface area (Å²) >= 11 is 0. The van der Waals surface area contributed by atoms with Crippen LogP contribution in [-0.2, 0) is 0 Å². The molecule has 5 heteroatoms. The second-order valence-corrected chi connectivity index (χ2v) is 0.346. The second kappa shape index (κ2) is 5.20. The maximum Gasteiger partial charge on any atom is 0.631 e. The van der Waals surface area contributed by atoms with Gasteiger partial charge in [-0.3, -0.25) is 0 Å². The summed E-state index contributed by atoms with van der Waals surface area (Å²) < 4.78 is 0.